The summed E-state index contributed by atoms with van der Waals surface area (Å²) in [6, 6.07) is 14.2. The van der Waals surface area contributed by atoms with E-state index >= 15 is 0 Å². The molecule has 0 bridgehead atoms. The first-order valence-corrected chi connectivity index (χ1v) is 12.7. The summed E-state index contributed by atoms with van der Waals surface area (Å²) in [5.41, 5.74) is 0.598. The van der Waals surface area contributed by atoms with Gasteiger partial charge in [0.15, 0.2) is 11.5 Å². The highest BCUT2D eigenvalue weighted by atomic mass is 32.2. The number of amides is 1. The van der Waals surface area contributed by atoms with Crippen molar-refractivity contribution >= 4 is 21.6 Å². The van der Waals surface area contributed by atoms with Gasteiger partial charge in [-0.1, -0.05) is 18.9 Å². The predicted octanol–water partition coefficient (Wildman–Crippen LogP) is 4.36. The molecule has 2 N–H and O–H groups in total. The number of methoxy groups -OCH3 is 2. The molecule has 0 saturated heterocycles. The van der Waals surface area contributed by atoms with Crippen LogP contribution >= 0.6 is 0 Å². The Morgan fingerprint density at radius 2 is 1.74 bits per heavy atom. The van der Waals surface area contributed by atoms with Crippen molar-refractivity contribution in [3.8, 4) is 23.1 Å². The molecular weight excluding hydrogens is 470 g/mol. The van der Waals surface area contributed by atoms with Crippen molar-refractivity contribution in [2.45, 2.75) is 36.6 Å². The molecule has 0 aliphatic heterocycles. The summed E-state index contributed by atoms with van der Waals surface area (Å²) in [4.78, 5) is 17.0. The van der Waals surface area contributed by atoms with Crippen LogP contribution in [0.2, 0.25) is 0 Å². The lowest BCUT2D eigenvalue weighted by Crippen LogP contribution is -2.32. The van der Waals surface area contributed by atoms with Gasteiger partial charge in [0.2, 0.25) is 5.88 Å². The molecule has 35 heavy (non-hydrogen) atoms. The number of aromatic nitrogens is 1. The number of carbonyl (C=O) groups is 1. The van der Waals surface area contributed by atoms with Gasteiger partial charge in [0.05, 0.1) is 24.8 Å². The molecule has 10 heteroatoms. The van der Waals surface area contributed by atoms with Crippen LogP contribution in [0.25, 0.3) is 0 Å². The number of sulfonamides is 1. The molecule has 1 amide bonds. The van der Waals surface area contributed by atoms with Crippen LogP contribution in [-0.2, 0) is 10.0 Å². The van der Waals surface area contributed by atoms with Gasteiger partial charge in [-0.15, -0.1) is 0 Å². The Balaban J connectivity index is 1.52. The second-order valence-electron chi connectivity index (χ2n) is 8.06. The number of nitrogens with zero attached hydrogens (tertiary/aromatic N) is 1. The van der Waals surface area contributed by atoms with Gasteiger partial charge < -0.3 is 19.5 Å². The summed E-state index contributed by atoms with van der Waals surface area (Å²) in [7, 11) is -1.01. The second-order valence-corrected chi connectivity index (χ2v) is 9.75. The van der Waals surface area contributed by atoms with Crippen molar-refractivity contribution in [2.75, 3.05) is 18.9 Å². The van der Waals surface area contributed by atoms with Gasteiger partial charge in [-0.25, -0.2) is 13.4 Å². The highest BCUT2D eigenvalue weighted by Crippen LogP contribution is 2.31. The lowest BCUT2D eigenvalue weighted by Gasteiger charge is -2.15. The minimum Gasteiger partial charge on any atom is -0.493 e. The van der Waals surface area contributed by atoms with Gasteiger partial charge in [0.1, 0.15) is 11.3 Å². The zero-order valence-corrected chi connectivity index (χ0v) is 20.3. The largest absolute Gasteiger partial charge is 0.493 e. The first-order valence-electron chi connectivity index (χ1n) is 11.2. The van der Waals surface area contributed by atoms with Gasteiger partial charge in [0.25, 0.3) is 15.9 Å². The van der Waals surface area contributed by atoms with Crippen LogP contribution in [0.4, 0.5) is 5.69 Å². The Kier molecular flexibility index (Phi) is 7.40. The zero-order valence-electron chi connectivity index (χ0n) is 19.5. The molecule has 1 aliphatic carbocycles. The molecule has 1 saturated carbocycles. The quantitative estimate of drug-likeness (QED) is 0.451. The van der Waals surface area contributed by atoms with E-state index in [2.05, 4.69) is 15.0 Å². The number of pyridine rings is 1. The summed E-state index contributed by atoms with van der Waals surface area (Å²) in [5.74, 6) is 0.940. The second kappa shape index (κ2) is 10.6. The van der Waals surface area contributed by atoms with Crippen LogP contribution in [0, 0.1) is 0 Å². The first kappa shape index (κ1) is 24.3. The molecule has 2 aromatic carbocycles. The van der Waals surface area contributed by atoms with Crippen molar-refractivity contribution in [3.63, 3.8) is 0 Å². The van der Waals surface area contributed by atoms with Crippen molar-refractivity contribution in [1.29, 1.82) is 0 Å². The van der Waals surface area contributed by atoms with Gasteiger partial charge in [-0.2, -0.15) is 0 Å². The fraction of sp³-hybridized carbons (Fsp3) is 0.280. The first-order chi connectivity index (χ1) is 16.9. The Labute approximate surface area is 204 Å². The van der Waals surface area contributed by atoms with Gasteiger partial charge >= 0.3 is 0 Å². The number of rotatable bonds is 9. The van der Waals surface area contributed by atoms with Crippen LogP contribution in [0.5, 0.6) is 23.1 Å². The molecule has 1 aromatic heterocycles. The fourth-order valence-electron chi connectivity index (χ4n) is 3.91. The standard InChI is InChI=1S/C25H27N3O6S/c1-32-22-13-12-20(16-23(22)33-2)35(30,31)28-18-9-5-10-19(15-18)34-25-21(11-6-14-26-25)24(29)27-17-7-3-4-8-17/h5-6,9-17,28H,3-4,7-8H2,1-2H3,(H,27,29). The SMILES string of the molecule is COc1ccc(S(=O)(=O)Nc2cccc(Oc3ncccc3C(=O)NC3CCCC3)c2)cc1OC. The monoisotopic (exact) mass is 497 g/mol. The smallest absolute Gasteiger partial charge is 0.262 e. The van der Waals surface area contributed by atoms with E-state index in [4.69, 9.17) is 14.2 Å². The van der Waals surface area contributed by atoms with Gasteiger partial charge in [-0.3, -0.25) is 9.52 Å². The van der Waals surface area contributed by atoms with E-state index in [0.717, 1.165) is 25.7 Å². The zero-order chi connectivity index (χ0) is 24.8. The summed E-state index contributed by atoms with van der Waals surface area (Å²) in [6.45, 7) is 0. The predicted molar refractivity (Wildman–Crippen MR) is 131 cm³/mol. The molecule has 1 fully saturated rings. The van der Waals surface area contributed by atoms with Crippen molar-refractivity contribution in [1.82, 2.24) is 10.3 Å². The number of hydrogen-bond donors (Lipinski definition) is 2. The van der Waals surface area contributed by atoms with Crippen molar-refractivity contribution in [2.24, 2.45) is 0 Å². The number of hydrogen-bond acceptors (Lipinski definition) is 7. The minimum absolute atomic E-state index is 0.0112. The molecule has 3 aromatic rings. The number of ether oxygens (including phenoxy) is 3. The number of anilines is 1. The van der Waals surface area contributed by atoms with E-state index in [1.807, 2.05) is 0 Å². The van der Waals surface area contributed by atoms with Crippen LogP contribution < -0.4 is 24.2 Å². The molecule has 1 heterocycles. The van der Waals surface area contributed by atoms with Crippen LogP contribution in [-0.4, -0.2) is 39.6 Å². The summed E-state index contributed by atoms with van der Waals surface area (Å²) >= 11 is 0. The van der Waals surface area contributed by atoms with Crippen molar-refractivity contribution < 1.29 is 27.4 Å². The molecule has 0 atom stereocenters. The van der Waals surface area contributed by atoms with E-state index < -0.39 is 10.0 Å². The van der Waals surface area contributed by atoms with Crippen LogP contribution in [0.15, 0.2) is 65.7 Å². The topological polar surface area (TPSA) is 116 Å². The molecule has 184 valence electrons. The van der Waals surface area contributed by atoms with E-state index in [1.54, 1.807) is 30.3 Å². The Morgan fingerprint density at radius 3 is 2.49 bits per heavy atom. The molecule has 0 radical (unpaired) electrons. The molecule has 4 rings (SSSR count). The van der Waals surface area contributed by atoms with E-state index in [1.165, 1.54) is 44.7 Å². The maximum atomic E-state index is 12.9. The molecule has 0 unspecified atom stereocenters. The number of carbonyl (C=O) groups excluding carboxylic acids is 1. The summed E-state index contributed by atoms with van der Waals surface area (Å²) in [6.07, 6.45) is 5.67. The van der Waals surface area contributed by atoms with Gasteiger partial charge in [0, 0.05) is 24.4 Å². The minimum atomic E-state index is -3.92. The fourth-order valence-corrected chi connectivity index (χ4v) is 4.98. The lowest BCUT2D eigenvalue weighted by atomic mass is 10.2. The lowest BCUT2D eigenvalue weighted by molar-refractivity contribution is 0.0935. The highest BCUT2D eigenvalue weighted by Gasteiger charge is 2.21. The van der Waals surface area contributed by atoms with Crippen LogP contribution in [0.1, 0.15) is 36.0 Å². The van der Waals surface area contributed by atoms with E-state index in [-0.39, 0.29) is 28.4 Å². The third-order valence-corrected chi connectivity index (χ3v) is 7.05. The highest BCUT2D eigenvalue weighted by molar-refractivity contribution is 7.92. The van der Waals surface area contributed by atoms with Crippen LogP contribution in [0.3, 0.4) is 0 Å². The molecule has 0 spiro atoms. The summed E-state index contributed by atoms with van der Waals surface area (Å²) in [5, 5.41) is 3.03. The van der Waals surface area contributed by atoms with Crippen molar-refractivity contribution in [3.05, 3.63) is 66.4 Å². The van der Waals surface area contributed by atoms with E-state index in [0.29, 0.717) is 22.8 Å². The van der Waals surface area contributed by atoms with Gasteiger partial charge in [-0.05, 0) is 49.2 Å². The Morgan fingerprint density at radius 1 is 0.971 bits per heavy atom. The van der Waals surface area contributed by atoms with E-state index in [9.17, 15) is 13.2 Å². The molecule has 9 nitrogen and oxygen atoms in total. The maximum Gasteiger partial charge on any atom is 0.262 e. The third kappa shape index (κ3) is 5.83. The maximum absolute atomic E-state index is 12.9. The average molecular weight is 498 g/mol. The normalized spacial score (nSPS) is 13.8. The number of benzene rings is 2. The summed E-state index contributed by atoms with van der Waals surface area (Å²) < 4.78 is 44.6. The number of nitrogens with one attached hydrogen (secondary N) is 2. The molecule has 1 aliphatic rings. The average Bonchev–Trinajstić information content (AvgIpc) is 3.37. The third-order valence-electron chi connectivity index (χ3n) is 5.67. The Bertz CT molecular complexity index is 1310. The Hall–Kier alpha value is -3.79. The molecular formula is C25H27N3O6S.